The molecule has 0 saturated heterocycles. The Morgan fingerprint density at radius 1 is 1.37 bits per heavy atom. The number of amides is 1. The monoisotopic (exact) mass is 271 g/mol. The number of hydrogen-bond donors (Lipinski definition) is 2. The highest BCUT2D eigenvalue weighted by atomic mass is 16.5. The number of nitrogens with one attached hydrogen (secondary N) is 1. The van der Waals surface area contributed by atoms with Crippen LogP contribution in [0, 0.1) is 23.7 Å². The van der Waals surface area contributed by atoms with Gasteiger partial charge in [0.15, 0.2) is 0 Å². The van der Waals surface area contributed by atoms with Crippen molar-refractivity contribution in [2.75, 3.05) is 20.3 Å². The Balaban J connectivity index is 2.52. The van der Waals surface area contributed by atoms with E-state index < -0.39 is 11.9 Å². The van der Waals surface area contributed by atoms with Crippen LogP contribution in [-0.4, -0.2) is 37.2 Å². The molecule has 1 rings (SSSR count). The molecule has 5 heteroatoms. The van der Waals surface area contributed by atoms with E-state index in [2.05, 4.69) is 5.32 Å². The van der Waals surface area contributed by atoms with Crippen molar-refractivity contribution in [3.05, 3.63) is 0 Å². The third-order valence-electron chi connectivity index (χ3n) is 3.97. The van der Waals surface area contributed by atoms with Crippen LogP contribution in [0.2, 0.25) is 0 Å². The first-order valence-corrected chi connectivity index (χ1v) is 6.99. The van der Waals surface area contributed by atoms with E-state index in [0.29, 0.717) is 31.9 Å². The molecule has 4 atom stereocenters. The van der Waals surface area contributed by atoms with Crippen LogP contribution < -0.4 is 5.32 Å². The van der Waals surface area contributed by atoms with Crippen molar-refractivity contribution in [1.29, 1.82) is 0 Å². The van der Waals surface area contributed by atoms with Crippen molar-refractivity contribution in [2.24, 2.45) is 23.7 Å². The Labute approximate surface area is 114 Å². The fourth-order valence-corrected chi connectivity index (χ4v) is 2.79. The van der Waals surface area contributed by atoms with Crippen LogP contribution in [0.5, 0.6) is 0 Å². The molecular weight excluding hydrogens is 246 g/mol. The molecule has 1 aliphatic rings. The lowest BCUT2D eigenvalue weighted by Gasteiger charge is -2.17. The van der Waals surface area contributed by atoms with E-state index in [0.717, 1.165) is 6.42 Å². The fourth-order valence-electron chi connectivity index (χ4n) is 2.79. The second-order valence-electron chi connectivity index (χ2n) is 5.60. The number of methoxy groups -OCH3 is 1. The smallest absolute Gasteiger partial charge is 0.307 e. The predicted molar refractivity (Wildman–Crippen MR) is 71.7 cm³/mol. The molecule has 19 heavy (non-hydrogen) atoms. The van der Waals surface area contributed by atoms with E-state index in [1.807, 2.05) is 13.8 Å². The molecule has 0 aromatic rings. The molecule has 1 saturated carbocycles. The third-order valence-corrected chi connectivity index (χ3v) is 3.97. The predicted octanol–water partition coefficient (Wildman–Crippen LogP) is 1.52. The van der Waals surface area contributed by atoms with Gasteiger partial charge in [-0.2, -0.15) is 0 Å². The summed E-state index contributed by atoms with van der Waals surface area (Å²) < 4.78 is 5.01. The highest BCUT2D eigenvalue weighted by Crippen LogP contribution is 2.38. The van der Waals surface area contributed by atoms with Gasteiger partial charge < -0.3 is 15.2 Å². The molecule has 5 nitrogen and oxygen atoms in total. The molecule has 2 unspecified atom stereocenters. The van der Waals surface area contributed by atoms with Crippen LogP contribution in [0.4, 0.5) is 0 Å². The molecule has 0 radical (unpaired) electrons. The van der Waals surface area contributed by atoms with Crippen LogP contribution in [0.15, 0.2) is 0 Å². The van der Waals surface area contributed by atoms with Crippen LogP contribution in [0.3, 0.4) is 0 Å². The largest absolute Gasteiger partial charge is 0.481 e. The zero-order valence-electron chi connectivity index (χ0n) is 12.0. The number of carboxylic acids is 1. The van der Waals surface area contributed by atoms with Gasteiger partial charge in [-0.15, -0.1) is 0 Å². The fraction of sp³-hybridized carbons (Fsp3) is 0.857. The minimum atomic E-state index is -0.846. The van der Waals surface area contributed by atoms with Gasteiger partial charge in [-0.25, -0.2) is 0 Å². The molecule has 1 fully saturated rings. The highest BCUT2D eigenvalue weighted by Gasteiger charge is 2.41. The Kier molecular flexibility index (Phi) is 6.28. The number of hydrogen-bond acceptors (Lipinski definition) is 3. The van der Waals surface area contributed by atoms with Crippen molar-refractivity contribution in [2.45, 2.75) is 33.1 Å². The Morgan fingerprint density at radius 3 is 2.53 bits per heavy atom. The lowest BCUT2D eigenvalue weighted by atomic mass is 9.95. The minimum absolute atomic E-state index is 0.119. The summed E-state index contributed by atoms with van der Waals surface area (Å²) in [5.41, 5.74) is 0. The van der Waals surface area contributed by atoms with Gasteiger partial charge in [0.2, 0.25) is 5.91 Å². The molecule has 0 bridgehead atoms. The zero-order valence-corrected chi connectivity index (χ0v) is 12.0. The molecule has 1 aliphatic carbocycles. The van der Waals surface area contributed by atoms with E-state index in [1.54, 1.807) is 7.11 Å². The first-order valence-electron chi connectivity index (χ1n) is 6.99. The SMILES string of the molecule is CCC1C[C@H](C(=O)NCC(C)COC)[C@H](C(=O)O)C1. The molecule has 1 amide bonds. The molecule has 110 valence electrons. The summed E-state index contributed by atoms with van der Waals surface area (Å²) in [5.74, 6) is -1.28. The summed E-state index contributed by atoms with van der Waals surface area (Å²) >= 11 is 0. The number of ether oxygens (including phenoxy) is 1. The van der Waals surface area contributed by atoms with Crippen LogP contribution in [0.1, 0.15) is 33.1 Å². The summed E-state index contributed by atoms with van der Waals surface area (Å²) in [7, 11) is 1.63. The lowest BCUT2D eigenvalue weighted by molar-refractivity contribution is -0.146. The van der Waals surface area contributed by atoms with Gasteiger partial charge in [0.05, 0.1) is 18.4 Å². The van der Waals surface area contributed by atoms with E-state index in [-0.39, 0.29) is 17.7 Å². The first kappa shape index (κ1) is 16.0. The number of carbonyl (C=O) groups is 2. The maximum absolute atomic E-state index is 12.1. The number of carboxylic acid groups (broad SMARTS) is 1. The highest BCUT2D eigenvalue weighted by molar-refractivity contribution is 5.85. The van der Waals surface area contributed by atoms with Gasteiger partial charge in [0, 0.05) is 13.7 Å². The van der Waals surface area contributed by atoms with Crippen molar-refractivity contribution in [3.8, 4) is 0 Å². The van der Waals surface area contributed by atoms with Gasteiger partial charge >= 0.3 is 5.97 Å². The standard InChI is InChI=1S/C14H25NO4/c1-4-10-5-11(12(6-10)14(17)18)13(16)15-7-9(2)8-19-3/h9-12H,4-8H2,1-3H3,(H,15,16)(H,17,18)/t9?,10?,11-,12+/m0/s1. The molecule has 0 aromatic carbocycles. The average Bonchev–Trinajstić information content (AvgIpc) is 2.80. The summed E-state index contributed by atoms with van der Waals surface area (Å²) in [6.07, 6.45) is 2.25. The second-order valence-corrected chi connectivity index (χ2v) is 5.60. The lowest BCUT2D eigenvalue weighted by Crippen LogP contribution is -2.38. The van der Waals surface area contributed by atoms with Crippen molar-refractivity contribution in [3.63, 3.8) is 0 Å². The van der Waals surface area contributed by atoms with Crippen LogP contribution in [-0.2, 0) is 14.3 Å². The average molecular weight is 271 g/mol. The van der Waals surface area contributed by atoms with Gasteiger partial charge in [-0.1, -0.05) is 20.3 Å². The quantitative estimate of drug-likeness (QED) is 0.736. The van der Waals surface area contributed by atoms with Crippen molar-refractivity contribution >= 4 is 11.9 Å². The van der Waals surface area contributed by atoms with Gasteiger partial charge in [-0.05, 0) is 24.7 Å². The van der Waals surface area contributed by atoms with Crippen molar-refractivity contribution in [1.82, 2.24) is 5.32 Å². The van der Waals surface area contributed by atoms with Crippen molar-refractivity contribution < 1.29 is 19.4 Å². The number of aliphatic carboxylic acids is 1. The summed E-state index contributed by atoms with van der Waals surface area (Å²) in [4.78, 5) is 23.3. The molecule has 0 spiro atoms. The summed E-state index contributed by atoms with van der Waals surface area (Å²) in [6, 6.07) is 0. The van der Waals surface area contributed by atoms with E-state index in [1.165, 1.54) is 0 Å². The molecular formula is C14H25NO4. The Hall–Kier alpha value is -1.10. The van der Waals surface area contributed by atoms with Crippen LogP contribution in [0.25, 0.3) is 0 Å². The van der Waals surface area contributed by atoms with E-state index in [9.17, 15) is 14.7 Å². The summed E-state index contributed by atoms with van der Waals surface area (Å²) in [6.45, 7) is 5.16. The van der Waals surface area contributed by atoms with Gasteiger partial charge in [-0.3, -0.25) is 9.59 Å². The normalized spacial score (nSPS) is 28.1. The Bertz CT molecular complexity index is 319. The summed E-state index contributed by atoms with van der Waals surface area (Å²) in [5, 5.41) is 12.1. The molecule has 0 heterocycles. The van der Waals surface area contributed by atoms with Gasteiger partial charge in [0.25, 0.3) is 0 Å². The van der Waals surface area contributed by atoms with Crippen LogP contribution >= 0.6 is 0 Å². The minimum Gasteiger partial charge on any atom is -0.481 e. The second kappa shape index (κ2) is 7.48. The number of rotatable bonds is 7. The van der Waals surface area contributed by atoms with Gasteiger partial charge in [0.1, 0.15) is 0 Å². The number of carbonyl (C=O) groups excluding carboxylic acids is 1. The van der Waals surface area contributed by atoms with E-state index in [4.69, 9.17) is 4.74 Å². The maximum atomic E-state index is 12.1. The molecule has 0 aliphatic heterocycles. The third kappa shape index (κ3) is 4.49. The van der Waals surface area contributed by atoms with E-state index >= 15 is 0 Å². The Morgan fingerprint density at radius 2 is 2.00 bits per heavy atom. The first-order chi connectivity index (χ1) is 8.99. The molecule has 2 N–H and O–H groups in total. The maximum Gasteiger partial charge on any atom is 0.307 e. The zero-order chi connectivity index (χ0) is 14.4. The molecule has 0 aromatic heterocycles. The topological polar surface area (TPSA) is 75.6 Å².